The molecule has 0 saturated carbocycles. The predicted molar refractivity (Wildman–Crippen MR) is 165 cm³/mol. The van der Waals surface area contributed by atoms with E-state index in [1.165, 1.54) is 10.4 Å². The maximum atomic E-state index is 6.27. The van der Waals surface area contributed by atoms with Crippen LogP contribution in [0, 0.1) is 0 Å². The molecule has 0 N–H and O–H groups in total. The quantitative estimate of drug-likeness (QED) is 0.348. The van der Waals surface area contributed by atoms with Gasteiger partial charge in [-0.25, -0.2) is 0 Å². The molecule has 0 atom stereocenters. The number of hydrogen-bond donors (Lipinski definition) is 0. The maximum Gasteiger partial charge on any atom is 0.279 e. The molecule has 0 aromatic heterocycles. The van der Waals surface area contributed by atoms with Crippen LogP contribution >= 0.6 is 0 Å². The second kappa shape index (κ2) is 20.4. The van der Waals surface area contributed by atoms with Gasteiger partial charge in [-0.3, -0.25) is 0 Å². The first-order chi connectivity index (χ1) is 12.5. The van der Waals surface area contributed by atoms with Crippen LogP contribution in [0.3, 0.4) is 0 Å². The van der Waals surface area contributed by atoms with Gasteiger partial charge in [-0.15, -0.1) is 0 Å². The van der Waals surface area contributed by atoms with Gasteiger partial charge >= 0.3 is 0 Å². The zero-order valence-corrected chi connectivity index (χ0v) is 21.2. The van der Waals surface area contributed by atoms with Crippen molar-refractivity contribution < 1.29 is 13.3 Å². The van der Waals surface area contributed by atoms with E-state index in [4.69, 9.17) is 13.3 Å². The van der Waals surface area contributed by atoms with E-state index in [2.05, 4.69) is 87.8 Å². The Balaban J connectivity index is -0.000000136. The summed E-state index contributed by atoms with van der Waals surface area (Å²) >= 11 is 0. The van der Waals surface area contributed by atoms with E-state index in [1.807, 2.05) is 19.2 Å². The predicted octanol–water partition coefficient (Wildman–Crippen LogP) is 8.07. The second-order valence-electron chi connectivity index (χ2n) is 8.48. The lowest BCUT2D eigenvalue weighted by atomic mass is 10.4. The van der Waals surface area contributed by atoms with Gasteiger partial charge in [0.25, 0.3) is 8.32 Å². The smallest absolute Gasteiger partial charge is 0.279 e. The third-order valence-electron chi connectivity index (χ3n) is 4.15. The van der Waals surface area contributed by atoms with Crippen LogP contribution in [0.4, 0.5) is 0 Å². The van der Waals surface area contributed by atoms with Crippen LogP contribution in [-0.2, 0) is 13.3 Å². The lowest BCUT2D eigenvalue weighted by Gasteiger charge is -2.33. The van der Waals surface area contributed by atoms with Crippen molar-refractivity contribution in [3.05, 3.63) is 60.7 Å². The normalized spacial score (nSPS) is 10.1. The lowest BCUT2D eigenvalue weighted by Crippen LogP contribution is -2.65. The van der Waals surface area contributed by atoms with Crippen LogP contribution < -0.4 is 10.4 Å². The Labute approximate surface area is 213 Å². The molecule has 198 valence electrons. The largest absolute Gasteiger partial charge is 0.421 e. The molecular formula is C27H60O3Si3. The van der Waals surface area contributed by atoms with Gasteiger partial charge in [0, 0.05) is 14.2 Å². The highest BCUT2D eigenvalue weighted by Crippen LogP contribution is 2.12. The summed E-state index contributed by atoms with van der Waals surface area (Å²) in [5.41, 5.74) is 0. The SMILES string of the molecule is C.C.C.C.C.C.CO[Si](C)(C)C.CO[Si](CO[Si](C)(C)C)(c1ccccc1)c1ccccc1. The average Bonchev–Trinajstić information content (AvgIpc) is 2.63. The van der Waals surface area contributed by atoms with Gasteiger partial charge in [0.15, 0.2) is 16.6 Å². The zero-order valence-electron chi connectivity index (χ0n) is 18.2. The minimum Gasteiger partial charge on any atom is -0.421 e. The van der Waals surface area contributed by atoms with E-state index in [-0.39, 0.29) is 44.6 Å². The standard InChI is InChI=1S/C17H24O2Si2.C4H12OSi.6CH4/c1-18-21(15-19-20(2,3)4,16-11-7-5-8-12-16)17-13-9-6-10-14-17;1-5-6(2,3)4;;;;;;/h5-14H,15H2,1-4H3;1-4H3;6*1H4. The third-order valence-corrected chi connectivity index (χ3v) is 10.5. The van der Waals surface area contributed by atoms with Gasteiger partial charge in [-0.2, -0.15) is 0 Å². The summed E-state index contributed by atoms with van der Waals surface area (Å²) in [6, 6.07) is 21.0. The lowest BCUT2D eigenvalue weighted by molar-refractivity contribution is 0.324. The summed E-state index contributed by atoms with van der Waals surface area (Å²) in [4.78, 5) is 0. The summed E-state index contributed by atoms with van der Waals surface area (Å²) < 4.78 is 17.5. The Bertz CT molecular complexity index is 612. The van der Waals surface area contributed by atoms with Crippen LogP contribution in [0.1, 0.15) is 44.6 Å². The second-order valence-corrected chi connectivity index (χ2v) is 21.1. The first-order valence-electron chi connectivity index (χ1n) is 9.39. The fourth-order valence-electron chi connectivity index (χ4n) is 2.36. The van der Waals surface area contributed by atoms with E-state index in [1.54, 1.807) is 7.11 Å². The number of rotatable bonds is 7. The van der Waals surface area contributed by atoms with E-state index < -0.39 is 25.0 Å². The zero-order chi connectivity index (χ0) is 20.6. The monoisotopic (exact) mass is 516 g/mol. The average molecular weight is 517 g/mol. The van der Waals surface area contributed by atoms with Crippen molar-refractivity contribution in [3.63, 3.8) is 0 Å². The Morgan fingerprint density at radius 1 is 0.515 bits per heavy atom. The van der Waals surface area contributed by atoms with Crippen LogP contribution in [0.15, 0.2) is 60.7 Å². The fourth-order valence-corrected chi connectivity index (χ4v) is 7.62. The highest BCUT2D eigenvalue weighted by Gasteiger charge is 2.40. The molecular weight excluding hydrogens is 457 g/mol. The molecule has 0 aliphatic heterocycles. The van der Waals surface area contributed by atoms with Gasteiger partial charge in [0.1, 0.15) is 0 Å². The molecule has 0 bridgehead atoms. The molecule has 2 aromatic carbocycles. The van der Waals surface area contributed by atoms with Gasteiger partial charge in [0.05, 0.1) is 6.23 Å². The minimum atomic E-state index is -2.32. The molecule has 0 heterocycles. The van der Waals surface area contributed by atoms with E-state index >= 15 is 0 Å². The van der Waals surface area contributed by atoms with Crippen molar-refractivity contribution in [1.29, 1.82) is 0 Å². The molecule has 0 unspecified atom stereocenters. The Kier molecular flexibility index (Phi) is 28.0. The minimum absolute atomic E-state index is 0. The van der Waals surface area contributed by atoms with Gasteiger partial charge in [-0.1, -0.05) is 105 Å². The maximum absolute atomic E-state index is 6.27. The summed E-state index contributed by atoms with van der Waals surface area (Å²) in [6.45, 7) is 13.1. The third kappa shape index (κ3) is 16.3. The van der Waals surface area contributed by atoms with Gasteiger partial charge in [0.2, 0.25) is 0 Å². The summed E-state index contributed by atoms with van der Waals surface area (Å²) in [6.07, 6.45) is 0.674. The molecule has 0 fully saturated rings. The summed E-state index contributed by atoms with van der Waals surface area (Å²) in [5.74, 6) is 0. The van der Waals surface area contributed by atoms with E-state index in [0.29, 0.717) is 6.23 Å². The van der Waals surface area contributed by atoms with Crippen molar-refractivity contribution in [1.82, 2.24) is 0 Å². The molecule has 0 aliphatic carbocycles. The Morgan fingerprint density at radius 2 is 0.818 bits per heavy atom. The van der Waals surface area contributed by atoms with Crippen LogP contribution in [0.25, 0.3) is 0 Å². The molecule has 33 heavy (non-hydrogen) atoms. The molecule has 0 spiro atoms. The van der Waals surface area contributed by atoms with Crippen molar-refractivity contribution in [2.45, 2.75) is 83.8 Å². The van der Waals surface area contributed by atoms with Crippen LogP contribution in [0.5, 0.6) is 0 Å². The van der Waals surface area contributed by atoms with E-state index in [0.717, 1.165) is 0 Å². The summed E-state index contributed by atoms with van der Waals surface area (Å²) in [7, 11) is -1.46. The molecule has 0 radical (unpaired) electrons. The first-order valence-corrected chi connectivity index (χ1v) is 18.3. The van der Waals surface area contributed by atoms with E-state index in [9.17, 15) is 0 Å². The van der Waals surface area contributed by atoms with Gasteiger partial charge in [-0.05, 0) is 49.7 Å². The topological polar surface area (TPSA) is 27.7 Å². The molecule has 6 heteroatoms. The van der Waals surface area contributed by atoms with Crippen LogP contribution in [-0.4, -0.2) is 45.4 Å². The van der Waals surface area contributed by atoms with Crippen molar-refractivity contribution in [2.24, 2.45) is 0 Å². The van der Waals surface area contributed by atoms with Gasteiger partial charge < -0.3 is 13.3 Å². The molecule has 0 aliphatic rings. The van der Waals surface area contributed by atoms with Crippen molar-refractivity contribution >= 4 is 35.3 Å². The Hall–Kier alpha value is -1.03. The van der Waals surface area contributed by atoms with Crippen molar-refractivity contribution in [3.8, 4) is 0 Å². The summed E-state index contributed by atoms with van der Waals surface area (Å²) in [5, 5.41) is 2.52. The Morgan fingerprint density at radius 3 is 1.03 bits per heavy atom. The van der Waals surface area contributed by atoms with Crippen LogP contribution in [0.2, 0.25) is 39.3 Å². The molecule has 3 nitrogen and oxygen atoms in total. The molecule has 2 rings (SSSR count). The first kappa shape index (κ1) is 45.5. The molecule has 0 saturated heterocycles. The van der Waals surface area contributed by atoms with Crippen molar-refractivity contribution in [2.75, 3.05) is 20.4 Å². The molecule has 2 aromatic rings. The molecule has 0 amide bonds. The number of hydrogen-bond acceptors (Lipinski definition) is 3. The fraction of sp³-hybridized carbons (Fsp3) is 0.556. The highest BCUT2D eigenvalue weighted by molar-refractivity contribution is 6.97. The number of benzene rings is 2. The highest BCUT2D eigenvalue weighted by atomic mass is 28.4.